The first kappa shape index (κ1) is 17.4. The smallest absolute Gasteiger partial charge is 0.302 e. The molecular weight excluding hydrogens is 331 g/mol. The molecule has 1 amide bonds. The lowest BCUT2D eigenvalue weighted by Gasteiger charge is -2.37. The van der Waals surface area contributed by atoms with Crippen LogP contribution in [0.5, 0.6) is 0 Å². The average Bonchev–Trinajstić information content (AvgIpc) is 2.87. The summed E-state index contributed by atoms with van der Waals surface area (Å²) in [6, 6.07) is 10.4. The van der Waals surface area contributed by atoms with E-state index in [1.54, 1.807) is 4.90 Å². The average molecular weight is 354 g/mol. The summed E-state index contributed by atoms with van der Waals surface area (Å²) in [6.07, 6.45) is 1.91. The minimum atomic E-state index is -4.52. The van der Waals surface area contributed by atoms with Gasteiger partial charge >= 0.3 is 10.2 Å². The summed E-state index contributed by atoms with van der Waals surface area (Å²) in [7, 11) is -4.52. The second kappa shape index (κ2) is 7.19. The number of halogens is 1. The van der Waals surface area contributed by atoms with Gasteiger partial charge in [0.1, 0.15) is 0 Å². The zero-order chi connectivity index (χ0) is 17.2. The fourth-order valence-electron chi connectivity index (χ4n) is 3.79. The van der Waals surface area contributed by atoms with Gasteiger partial charge in [-0.05, 0) is 18.4 Å². The maximum Gasteiger partial charge on any atom is 0.302 e. The van der Waals surface area contributed by atoms with Crippen molar-refractivity contribution in [2.75, 3.05) is 25.4 Å². The van der Waals surface area contributed by atoms with Gasteiger partial charge in [0.2, 0.25) is 5.91 Å². The Morgan fingerprint density at radius 2 is 1.79 bits per heavy atom. The molecule has 0 aliphatic carbocycles. The van der Waals surface area contributed by atoms with Gasteiger partial charge in [-0.3, -0.25) is 9.69 Å². The van der Waals surface area contributed by atoms with Crippen LogP contribution in [0.2, 0.25) is 0 Å². The molecule has 0 saturated carbocycles. The monoisotopic (exact) mass is 354 g/mol. The fraction of sp³-hybridized carbons (Fsp3) is 0.588. The molecule has 1 aromatic carbocycles. The molecule has 2 aliphatic heterocycles. The van der Waals surface area contributed by atoms with E-state index in [0.29, 0.717) is 6.54 Å². The standard InChI is InChI=1S/C17H23FN2O3S/c18-24(22,23)13-15-10-17(21)20(12-15)16-6-8-19(9-7-16)11-14-4-2-1-3-5-14/h1-5,15-16H,6-13H2. The zero-order valence-electron chi connectivity index (χ0n) is 13.6. The maximum atomic E-state index is 12.8. The molecule has 1 aromatic rings. The molecule has 5 nitrogen and oxygen atoms in total. The van der Waals surface area contributed by atoms with Gasteiger partial charge in [0.05, 0.1) is 5.75 Å². The summed E-state index contributed by atoms with van der Waals surface area (Å²) in [5, 5.41) is 0. The lowest BCUT2D eigenvalue weighted by Crippen LogP contribution is -2.45. The number of piperidine rings is 1. The molecule has 24 heavy (non-hydrogen) atoms. The van der Waals surface area contributed by atoms with E-state index in [0.717, 1.165) is 32.5 Å². The minimum Gasteiger partial charge on any atom is -0.339 e. The van der Waals surface area contributed by atoms with Crippen molar-refractivity contribution in [3.63, 3.8) is 0 Å². The van der Waals surface area contributed by atoms with Crippen LogP contribution in [0, 0.1) is 5.92 Å². The van der Waals surface area contributed by atoms with Crippen LogP contribution < -0.4 is 0 Å². The van der Waals surface area contributed by atoms with Crippen LogP contribution in [0.3, 0.4) is 0 Å². The molecular formula is C17H23FN2O3S. The van der Waals surface area contributed by atoms with Gasteiger partial charge in [-0.1, -0.05) is 30.3 Å². The Hall–Kier alpha value is -1.47. The van der Waals surface area contributed by atoms with Crippen molar-refractivity contribution in [3.8, 4) is 0 Å². The lowest BCUT2D eigenvalue weighted by molar-refractivity contribution is -0.130. The summed E-state index contributed by atoms with van der Waals surface area (Å²) in [5.74, 6) is -0.984. The molecule has 3 rings (SSSR count). The van der Waals surface area contributed by atoms with Crippen molar-refractivity contribution < 1.29 is 17.1 Å². The first-order valence-corrected chi connectivity index (χ1v) is 9.94. The predicted octanol–water partition coefficient (Wildman–Crippen LogP) is 1.80. The SMILES string of the molecule is O=C1CC(CS(=O)(=O)F)CN1C1CCN(Cc2ccccc2)CC1. The summed E-state index contributed by atoms with van der Waals surface area (Å²) in [6.45, 7) is 3.10. The van der Waals surface area contributed by atoms with Crippen molar-refractivity contribution in [2.45, 2.75) is 31.8 Å². The minimum absolute atomic E-state index is 0.0369. The second-order valence-electron chi connectivity index (χ2n) is 6.81. The molecule has 1 atom stereocenters. The normalized spacial score (nSPS) is 23.8. The Bertz CT molecular complexity index is 672. The quantitative estimate of drug-likeness (QED) is 0.757. The van der Waals surface area contributed by atoms with Crippen LogP contribution in [0.1, 0.15) is 24.8 Å². The third-order valence-corrected chi connectivity index (χ3v) is 5.79. The van der Waals surface area contributed by atoms with Gasteiger partial charge in [-0.15, -0.1) is 3.89 Å². The molecule has 2 saturated heterocycles. The van der Waals surface area contributed by atoms with Gasteiger partial charge in [-0.25, -0.2) is 0 Å². The number of nitrogens with zero attached hydrogens (tertiary/aromatic N) is 2. The number of rotatable bonds is 5. The Labute approximate surface area is 142 Å². The van der Waals surface area contributed by atoms with Gasteiger partial charge in [0, 0.05) is 44.6 Å². The number of benzene rings is 1. The van der Waals surface area contributed by atoms with E-state index < -0.39 is 21.9 Å². The Morgan fingerprint density at radius 3 is 2.42 bits per heavy atom. The highest BCUT2D eigenvalue weighted by atomic mass is 32.3. The molecule has 132 valence electrons. The molecule has 2 fully saturated rings. The molecule has 0 N–H and O–H groups in total. The number of carbonyl (C=O) groups is 1. The first-order valence-electron chi connectivity index (χ1n) is 8.39. The summed E-state index contributed by atoms with van der Waals surface area (Å²) >= 11 is 0. The molecule has 0 bridgehead atoms. The van der Waals surface area contributed by atoms with E-state index in [-0.39, 0.29) is 18.4 Å². The molecule has 0 spiro atoms. The lowest BCUT2D eigenvalue weighted by atomic mass is 10.0. The number of hydrogen-bond acceptors (Lipinski definition) is 4. The molecule has 2 aliphatic rings. The largest absolute Gasteiger partial charge is 0.339 e. The zero-order valence-corrected chi connectivity index (χ0v) is 14.4. The van der Waals surface area contributed by atoms with Crippen LogP contribution in [0.4, 0.5) is 3.89 Å². The van der Waals surface area contributed by atoms with Crippen molar-refractivity contribution in [3.05, 3.63) is 35.9 Å². The van der Waals surface area contributed by atoms with E-state index >= 15 is 0 Å². The van der Waals surface area contributed by atoms with Crippen LogP contribution in [-0.2, 0) is 21.6 Å². The first-order chi connectivity index (χ1) is 11.4. The highest BCUT2D eigenvalue weighted by Gasteiger charge is 2.37. The van der Waals surface area contributed by atoms with Gasteiger partial charge in [-0.2, -0.15) is 8.42 Å². The fourth-order valence-corrected chi connectivity index (χ4v) is 4.57. The van der Waals surface area contributed by atoms with Crippen LogP contribution in [0.15, 0.2) is 30.3 Å². The van der Waals surface area contributed by atoms with Gasteiger partial charge in [0.15, 0.2) is 0 Å². The van der Waals surface area contributed by atoms with E-state index in [2.05, 4.69) is 17.0 Å². The van der Waals surface area contributed by atoms with Crippen molar-refractivity contribution in [1.82, 2.24) is 9.80 Å². The van der Waals surface area contributed by atoms with Crippen molar-refractivity contribution >= 4 is 16.1 Å². The topological polar surface area (TPSA) is 57.7 Å². The van der Waals surface area contributed by atoms with Crippen LogP contribution in [-0.4, -0.2) is 55.6 Å². The number of carbonyl (C=O) groups excluding carboxylic acids is 1. The highest BCUT2D eigenvalue weighted by molar-refractivity contribution is 7.86. The summed E-state index contributed by atoms with van der Waals surface area (Å²) in [4.78, 5) is 16.3. The van der Waals surface area contributed by atoms with E-state index in [9.17, 15) is 17.1 Å². The van der Waals surface area contributed by atoms with Crippen molar-refractivity contribution in [1.29, 1.82) is 0 Å². The second-order valence-corrected chi connectivity index (χ2v) is 8.23. The molecule has 2 heterocycles. The molecule has 1 unspecified atom stereocenters. The van der Waals surface area contributed by atoms with E-state index in [1.807, 2.05) is 18.2 Å². The number of likely N-dealkylation sites (tertiary alicyclic amines) is 2. The third-order valence-electron chi connectivity index (χ3n) is 4.92. The third kappa shape index (κ3) is 4.54. The van der Waals surface area contributed by atoms with Gasteiger partial charge < -0.3 is 4.90 Å². The Kier molecular flexibility index (Phi) is 5.20. The molecule has 0 radical (unpaired) electrons. The van der Waals surface area contributed by atoms with Crippen molar-refractivity contribution in [2.24, 2.45) is 5.92 Å². The highest BCUT2D eigenvalue weighted by Crippen LogP contribution is 2.27. The molecule has 7 heteroatoms. The Balaban J connectivity index is 1.50. The number of amides is 1. The summed E-state index contributed by atoms with van der Waals surface area (Å²) in [5.41, 5.74) is 1.28. The predicted molar refractivity (Wildman–Crippen MR) is 89.5 cm³/mol. The Morgan fingerprint density at radius 1 is 1.12 bits per heavy atom. The summed E-state index contributed by atoms with van der Waals surface area (Å²) < 4.78 is 34.4. The van der Waals surface area contributed by atoms with Crippen LogP contribution in [0.25, 0.3) is 0 Å². The molecule has 0 aromatic heterocycles. The number of hydrogen-bond donors (Lipinski definition) is 0. The maximum absolute atomic E-state index is 12.8. The van der Waals surface area contributed by atoms with Gasteiger partial charge in [0.25, 0.3) is 0 Å². The van der Waals surface area contributed by atoms with E-state index in [4.69, 9.17) is 0 Å². The van der Waals surface area contributed by atoms with E-state index in [1.165, 1.54) is 5.56 Å². The van der Waals surface area contributed by atoms with Crippen LogP contribution >= 0.6 is 0 Å².